The lowest BCUT2D eigenvalue weighted by Crippen LogP contribution is -2.23. The molecule has 0 amide bonds. The molecule has 0 aliphatic rings. The lowest BCUT2D eigenvalue weighted by molar-refractivity contribution is 0.710. The number of rotatable bonds is 5. The average molecular weight is 250 g/mol. The van der Waals surface area contributed by atoms with Gasteiger partial charge in [0.25, 0.3) is 0 Å². The van der Waals surface area contributed by atoms with Gasteiger partial charge in [-0.2, -0.15) is 0 Å². The Balaban J connectivity index is 2.22. The molecule has 0 radical (unpaired) electrons. The third kappa shape index (κ3) is 2.56. The zero-order valence-corrected chi connectivity index (χ0v) is 11.3. The number of aromatic nitrogens is 2. The van der Waals surface area contributed by atoms with Crippen molar-refractivity contribution in [3.63, 3.8) is 0 Å². The molecule has 2 rings (SSSR count). The normalized spacial score (nSPS) is 11.0. The Morgan fingerprint density at radius 1 is 1.41 bits per heavy atom. The fourth-order valence-corrected chi connectivity index (χ4v) is 2.87. The largest absolute Gasteiger partial charge is 0.358 e. The Bertz CT molecular complexity index is 494. The number of nitrogens with one attached hydrogen (secondary N) is 1. The average Bonchev–Trinajstić information content (AvgIpc) is 2.71. The van der Waals surface area contributed by atoms with Gasteiger partial charge in [-0.3, -0.25) is 0 Å². The van der Waals surface area contributed by atoms with E-state index in [0.717, 1.165) is 30.8 Å². The highest BCUT2D eigenvalue weighted by atomic mass is 32.1. The van der Waals surface area contributed by atoms with Crippen molar-refractivity contribution in [1.82, 2.24) is 15.3 Å². The quantitative estimate of drug-likeness (QED) is 0.825. The molecule has 0 bridgehead atoms. The third-order valence-corrected chi connectivity index (χ3v) is 3.88. The van der Waals surface area contributed by atoms with Crippen molar-refractivity contribution in [2.75, 3.05) is 32.1 Å². The van der Waals surface area contributed by atoms with E-state index in [1.165, 1.54) is 10.3 Å². The van der Waals surface area contributed by atoms with Gasteiger partial charge < -0.3 is 10.2 Å². The number of fused-ring (bicyclic) bond motifs is 1. The van der Waals surface area contributed by atoms with Gasteiger partial charge in [0.05, 0.1) is 10.2 Å². The van der Waals surface area contributed by atoms with Crippen LogP contribution in [-0.2, 0) is 0 Å². The van der Waals surface area contributed by atoms with Gasteiger partial charge in [-0.25, -0.2) is 9.97 Å². The first-order valence-corrected chi connectivity index (χ1v) is 6.66. The Kier molecular flexibility index (Phi) is 3.91. The second-order valence-electron chi connectivity index (χ2n) is 4.17. The molecule has 0 saturated heterocycles. The zero-order valence-electron chi connectivity index (χ0n) is 10.5. The fourth-order valence-electron chi connectivity index (χ4n) is 1.83. The van der Waals surface area contributed by atoms with Crippen LogP contribution >= 0.6 is 11.3 Å². The van der Waals surface area contributed by atoms with E-state index >= 15 is 0 Å². The van der Waals surface area contributed by atoms with Crippen LogP contribution in [0.15, 0.2) is 11.7 Å². The molecule has 92 valence electrons. The summed E-state index contributed by atoms with van der Waals surface area (Å²) in [4.78, 5) is 10.9. The van der Waals surface area contributed by atoms with E-state index < -0.39 is 0 Å². The summed E-state index contributed by atoms with van der Waals surface area (Å²) in [6.45, 7) is 4.13. The monoisotopic (exact) mass is 250 g/mol. The van der Waals surface area contributed by atoms with Crippen molar-refractivity contribution in [3.05, 3.63) is 17.3 Å². The van der Waals surface area contributed by atoms with Crippen molar-refractivity contribution >= 4 is 27.4 Å². The highest BCUT2D eigenvalue weighted by Crippen LogP contribution is 2.30. The van der Waals surface area contributed by atoms with Gasteiger partial charge in [0.1, 0.15) is 12.1 Å². The molecular weight excluding hydrogens is 232 g/mol. The number of hydrogen-bond acceptors (Lipinski definition) is 5. The first kappa shape index (κ1) is 12.3. The third-order valence-electron chi connectivity index (χ3n) is 2.79. The molecular formula is C12H18N4S. The first-order valence-electron chi connectivity index (χ1n) is 5.78. The van der Waals surface area contributed by atoms with E-state index in [1.807, 2.05) is 7.05 Å². The standard InChI is InChI=1S/C12H18N4S/c1-9-7-17-11-10(9)14-8-15-12(11)16(3)6-4-5-13-2/h7-8,13H,4-6H2,1-3H3. The van der Waals surface area contributed by atoms with Crippen molar-refractivity contribution < 1.29 is 0 Å². The molecule has 4 nitrogen and oxygen atoms in total. The minimum Gasteiger partial charge on any atom is -0.358 e. The van der Waals surface area contributed by atoms with E-state index in [9.17, 15) is 0 Å². The second-order valence-corrected chi connectivity index (χ2v) is 5.05. The van der Waals surface area contributed by atoms with Crippen LogP contribution in [0.5, 0.6) is 0 Å². The van der Waals surface area contributed by atoms with Gasteiger partial charge in [-0.1, -0.05) is 0 Å². The molecule has 17 heavy (non-hydrogen) atoms. The maximum Gasteiger partial charge on any atom is 0.149 e. The van der Waals surface area contributed by atoms with Crippen molar-refractivity contribution in [2.45, 2.75) is 13.3 Å². The van der Waals surface area contributed by atoms with Crippen LogP contribution in [0.3, 0.4) is 0 Å². The summed E-state index contributed by atoms with van der Waals surface area (Å²) in [5.74, 6) is 1.05. The molecule has 2 aromatic rings. The maximum atomic E-state index is 4.40. The molecule has 0 unspecified atom stereocenters. The SMILES string of the molecule is CNCCCN(C)c1ncnc2c(C)csc12. The van der Waals surface area contributed by atoms with Gasteiger partial charge in [-0.05, 0) is 37.9 Å². The van der Waals surface area contributed by atoms with Crippen LogP contribution in [0, 0.1) is 6.92 Å². The molecule has 5 heteroatoms. The van der Waals surface area contributed by atoms with Crippen molar-refractivity contribution in [2.24, 2.45) is 0 Å². The molecule has 1 N–H and O–H groups in total. The summed E-state index contributed by atoms with van der Waals surface area (Å²) in [6, 6.07) is 0. The van der Waals surface area contributed by atoms with Gasteiger partial charge in [0.2, 0.25) is 0 Å². The number of anilines is 1. The minimum atomic E-state index is 1.00. The molecule has 0 spiro atoms. The highest BCUT2D eigenvalue weighted by Gasteiger charge is 2.11. The summed E-state index contributed by atoms with van der Waals surface area (Å²) < 4.78 is 1.19. The lowest BCUT2D eigenvalue weighted by Gasteiger charge is -2.18. The zero-order chi connectivity index (χ0) is 12.3. The van der Waals surface area contributed by atoms with Crippen LogP contribution in [0.2, 0.25) is 0 Å². The van der Waals surface area contributed by atoms with Crippen LogP contribution in [0.25, 0.3) is 10.2 Å². The number of aryl methyl sites for hydroxylation is 1. The van der Waals surface area contributed by atoms with Crippen molar-refractivity contribution in [3.8, 4) is 0 Å². The summed E-state index contributed by atoms with van der Waals surface area (Å²) in [6.07, 6.45) is 2.77. The van der Waals surface area contributed by atoms with E-state index in [0.29, 0.717) is 0 Å². The second kappa shape index (κ2) is 5.42. The lowest BCUT2D eigenvalue weighted by atomic mass is 10.3. The van der Waals surface area contributed by atoms with Crippen LogP contribution < -0.4 is 10.2 Å². The summed E-state index contributed by atoms with van der Waals surface area (Å²) in [7, 11) is 4.07. The van der Waals surface area contributed by atoms with Gasteiger partial charge >= 0.3 is 0 Å². The number of hydrogen-bond donors (Lipinski definition) is 1. The number of nitrogens with zero attached hydrogens (tertiary/aromatic N) is 3. The molecule has 2 heterocycles. The molecule has 0 fully saturated rings. The minimum absolute atomic E-state index is 1.00. The summed E-state index contributed by atoms with van der Waals surface area (Å²) in [5, 5.41) is 5.30. The summed E-state index contributed by atoms with van der Waals surface area (Å²) >= 11 is 1.73. The smallest absolute Gasteiger partial charge is 0.149 e. The molecule has 0 aliphatic carbocycles. The Morgan fingerprint density at radius 2 is 2.24 bits per heavy atom. The molecule has 0 saturated carbocycles. The van der Waals surface area contributed by atoms with Crippen LogP contribution in [-0.4, -0.2) is 37.2 Å². The Labute approximate surface area is 106 Å². The van der Waals surface area contributed by atoms with Crippen LogP contribution in [0.4, 0.5) is 5.82 Å². The maximum absolute atomic E-state index is 4.40. The molecule has 2 aromatic heterocycles. The van der Waals surface area contributed by atoms with Crippen LogP contribution in [0.1, 0.15) is 12.0 Å². The Morgan fingerprint density at radius 3 is 3.00 bits per heavy atom. The predicted octanol–water partition coefficient (Wildman–Crippen LogP) is 2.05. The molecule has 0 aliphatic heterocycles. The van der Waals surface area contributed by atoms with E-state index in [1.54, 1.807) is 17.7 Å². The first-order chi connectivity index (χ1) is 8.24. The van der Waals surface area contributed by atoms with Gasteiger partial charge in [0, 0.05) is 13.6 Å². The fraction of sp³-hybridized carbons (Fsp3) is 0.500. The highest BCUT2D eigenvalue weighted by molar-refractivity contribution is 7.18. The van der Waals surface area contributed by atoms with Crippen molar-refractivity contribution in [1.29, 1.82) is 0 Å². The molecule has 0 aromatic carbocycles. The topological polar surface area (TPSA) is 41.0 Å². The van der Waals surface area contributed by atoms with E-state index in [2.05, 4.69) is 39.5 Å². The summed E-state index contributed by atoms with van der Waals surface area (Å²) in [5.41, 5.74) is 2.32. The Hall–Kier alpha value is -1.20. The molecule has 0 atom stereocenters. The van der Waals surface area contributed by atoms with Gasteiger partial charge in [-0.15, -0.1) is 11.3 Å². The van der Waals surface area contributed by atoms with E-state index in [-0.39, 0.29) is 0 Å². The number of thiophene rings is 1. The van der Waals surface area contributed by atoms with Gasteiger partial charge in [0.15, 0.2) is 0 Å². The predicted molar refractivity (Wildman–Crippen MR) is 74.0 cm³/mol. The van der Waals surface area contributed by atoms with E-state index in [4.69, 9.17) is 0 Å².